The molecule has 22 heavy (non-hydrogen) atoms. The van der Waals surface area contributed by atoms with E-state index in [0.717, 1.165) is 33.3 Å². The number of hydrogen-bond acceptors (Lipinski definition) is 3. The van der Waals surface area contributed by atoms with E-state index in [1.807, 2.05) is 43.3 Å². The van der Waals surface area contributed by atoms with Crippen LogP contribution in [0.5, 0.6) is 5.75 Å². The van der Waals surface area contributed by atoms with Gasteiger partial charge in [-0.05, 0) is 31.2 Å². The Bertz CT molecular complexity index is 965. The summed E-state index contributed by atoms with van der Waals surface area (Å²) in [5.41, 5.74) is 2.39. The molecule has 0 saturated heterocycles. The monoisotopic (exact) mass is 312 g/mol. The molecule has 4 rings (SSSR count). The molecule has 0 radical (unpaired) electrons. The third kappa shape index (κ3) is 1.97. The number of benzene rings is 2. The van der Waals surface area contributed by atoms with Crippen LogP contribution in [0.15, 0.2) is 57.6 Å². The maximum atomic E-state index is 6.02. The summed E-state index contributed by atoms with van der Waals surface area (Å²) in [5, 5.41) is 2.55. The first kappa shape index (κ1) is 13.3. The number of ether oxygens (including phenoxy) is 1. The van der Waals surface area contributed by atoms with Crippen LogP contribution in [0.3, 0.4) is 0 Å². The lowest BCUT2D eigenvalue weighted by Gasteiger charge is -2.02. The van der Waals surface area contributed by atoms with E-state index in [2.05, 4.69) is 0 Å². The molecule has 0 bridgehead atoms. The minimum absolute atomic E-state index is 0.568. The van der Waals surface area contributed by atoms with Crippen LogP contribution in [0.1, 0.15) is 6.92 Å². The van der Waals surface area contributed by atoms with Crippen LogP contribution >= 0.6 is 11.6 Å². The molecule has 0 fully saturated rings. The molecule has 2 heterocycles. The van der Waals surface area contributed by atoms with Crippen molar-refractivity contribution in [2.24, 2.45) is 0 Å². The highest BCUT2D eigenvalue weighted by Crippen LogP contribution is 2.43. The van der Waals surface area contributed by atoms with Crippen LogP contribution in [0.2, 0.25) is 5.02 Å². The summed E-state index contributed by atoms with van der Waals surface area (Å²) in [6.07, 6.45) is 1.68. The molecule has 2 aromatic heterocycles. The summed E-state index contributed by atoms with van der Waals surface area (Å²) in [7, 11) is 0. The summed E-state index contributed by atoms with van der Waals surface area (Å²) in [6, 6.07) is 13.4. The van der Waals surface area contributed by atoms with Gasteiger partial charge in [0.25, 0.3) is 0 Å². The van der Waals surface area contributed by atoms with E-state index >= 15 is 0 Å². The summed E-state index contributed by atoms with van der Waals surface area (Å²) in [6.45, 7) is 2.52. The fraction of sp³-hybridized carbons (Fsp3) is 0.111. The highest BCUT2D eigenvalue weighted by molar-refractivity contribution is 6.31. The van der Waals surface area contributed by atoms with Gasteiger partial charge in [-0.15, -0.1) is 0 Å². The van der Waals surface area contributed by atoms with E-state index < -0.39 is 0 Å². The Morgan fingerprint density at radius 3 is 2.77 bits per heavy atom. The van der Waals surface area contributed by atoms with E-state index in [9.17, 15) is 0 Å². The number of fused-ring (bicyclic) bond motifs is 2. The van der Waals surface area contributed by atoms with E-state index in [4.69, 9.17) is 25.2 Å². The Morgan fingerprint density at radius 2 is 1.91 bits per heavy atom. The van der Waals surface area contributed by atoms with Crippen LogP contribution in [-0.2, 0) is 0 Å². The zero-order valence-electron chi connectivity index (χ0n) is 11.9. The summed E-state index contributed by atoms with van der Waals surface area (Å²) in [4.78, 5) is 0. The molecule has 0 amide bonds. The molecule has 4 heteroatoms. The second-order valence-electron chi connectivity index (χ2n) is 4.98. The van der Waals surface area contributed by atoms with Crippen molar-refractivity contribution in [3.8, 4) is 17.1 Å². The Morgan fingerprint density at radius 1 is 1.05 bits per heavy atom. The summed E-state index contributed by atoms with van der Waals surface area (Å²) >= 11 is 6.01. The van der Waals surface area contributed by atoms with Gasteiger partial charge in [-0.1, -0.05) is 23.7 Å². The molecule has 0 N–H and O–H groups in total. The molecule has 0 aliphatic carbocycles. The molecule has 3 nitrogen and oxygen atoms in total. The highest BCUT2D eigenvalue weighted by Gasteiger charge is 2.20. The standard InChI is InChI=1S/C18H13ClO3/c1-2-20-17-13-5-3-4-6-15(13)22-18(17)14-10-21-16-9-11(19)7-8-12(14)16/h3-10H,2H2,1H3. The van der Waals surface area contributed by atoms with Crippen LogP contribution in [0, 0.1) is 0 Å². The molecule has 110 valence electrons. The Hall–Kier alpha value is -2.39. The Balaban J connectivity index is 2.01. The number of furan rings is 2. The molecule has 4 aromatic rings. The first-order chi connectivity index (χ1) is 10.8. The smallest absolute Gasteiger partial charge is 0.181 e. The average Bonchev–Trinajstić information content (AvgIpc) is 3.09. The molecular weight excluding hydrogens is 300 g/mol. The van der Waals surface area contributed by atoms with E-state index in [-0.39, 0.29) is 0 Å². The van der Waals surface area contributed by atoms with Crippen molar-refractivity contribution in [2.75, 3.05) is 6.61 Å². The zero-order valence-corrected chi connectivity index (χ0v) is 12.7. The predicted octanol–water partition coefficient (Wildman–Crippen LogP) is 5.90. The molecule has 0 atom stereocenters. The number of halogens is 1. The maximum absolute atomic E-state index is 6.02. The molecule has 2 aromatic carbocycles. The molecule has 0 aliphatic rings. The molecule has 0 aliphatic heterocycles. The van der Waals surface area contributed by atoms with Crippen LogP contribution in [0.25, 0.3) is 33.3 Å². The SMILES string of the molecule is CCOc1c(-c2coc3cc(Cl)ccc23)oc2ccccc12. The molecule has 0 unspecified atom stereocenters. The van der Waals surface area contributed by atoms with Crippen molar-refractivity contribution in [3.63, 3.8) is 0 Å². The van der Waals surface area contributed by atoms with Crippen molar-refractivity contribution in [2.45, 2.75) is 6.92 Å². The quantitative estimate of drug-likeness (QED) is 0.472. The second kappa shape index (κ2) is 5.11. The van der Waals surface area contributed by atoms with Crippen LogP contribution < -0.4 is 4.74 Å². The van der Waals surface area contributed by atoms with E-state index in [1.165, 1.54) is 0 Å². The number of rotatable bonds is 3. The van der Waals surface area contributed by atoms with Crippen molar-refractivity contribution in [3.05, 3.63) is 53.8 Å². The summed E-state index contributed by atoms with van der Waals surface area (Å²) in [5.74, 6) is 1.43. The van der Waals surface area contributed by atoms with Gasteiger partial charge in [0.15, 0.2) is 11.5 Å². The molecule has 0 spiro atoms. The van der Waals surface area contributed by atoms with Gasteiger partial charge in [0, 0.05) is 16.5 Å². The predicted molar refractivity (Wildman–Crippen MR) is 87.6 cm³/mol. The van der Waals surface area contributed by atoms with E-state index in [1.54, 1.807) is 12.3 Å². The number of hydrogen-bond donors (Lipinski definition) is 0. The van der Waals surface area contributed by atoms with Gasteiger partial charge < -0.3 is 13.6 Å². The van der Waals surface area contributed by atoms with Crippen LogP contribution in [0.4, 0.5) is 0 Å². The zero-order chi connectivity index (χ0) is 15.1. The van der Waals surface area contributed by atoms with Gasteiger partial charge in [0.2, 0.25) is 0 Å². The van der Waals surface area contributed by atoms with Crippen molar-refractivity contribution in [1.82, 2.24) is 0 Å². The normalized spacial score (nSPS) is 11.4. The van der Waals surface area contributed by atoms with Gasteiger partial charge in [-0.2, -0.15) is 0 Å². The van der Waals surface area contributed by atoms with E-state index in [0.29, 0.717) is 17.4 Å². The molecular formula is C18H13ClO3. The largest absolute Gasteiger partial charge is 0.489 e. The minimum Gasteiger partial charge on any atom is -0.489 e. The van der Waals surface area contributed by atoms with Gasteiger partial charge >= 0.3 is 0 Å². The van der Waals surface area contributed by atoms with Crippen molar-refractivity contribution in [1.29, 1.82) is 0 Å². The van der Waals surface area contributed by atoms with Gasteiger partial charge in [0.05, 0.1) is 17.6 Å². The second-order valence-corrected chi connectivity index (χ2v) is 5.42. The van der Waals surface area contributed by atoms with Crippen molar-refractivity contribution >= 4 is 33.5 Å². The van der Waals surface area contributed by atoms with Gasteiger partial charge in [0.1, 0.15) is 17.4 Å². The number of para-hydroxylation sites is 1. The Labute approximate surface area is 132 Å². The highest BCUT2D eigenvalue weighted by atomic mass is 35.5. The first-order valence-corrected chi connectivity index (χ1v) is 7.47. The lowest BCUT2D eigenvalue weighted by molar-refractivity contribution is 0.341. The fourth-order valence-corrected chi connectivity index (χ4v) is 2.83. The van der Waals surface area contributed by atoms with Gasteiger partial charge in [-0.3, -0.25) is 0 Å². The third-order valence-corrected chi connectivity index (χ3v) is 3.86. The van der Waals surface area contributed by atoms with Gasteiger partial charge in [-0.25, -0.2) is 0 Å². The lowest BCUT2D eigenvalue weighted by atomic mass is 10.1. The van der Waals surface area contributed by atoms with Crippen LogP contribution in [-0.4, -0.2) is 6.61 Å². The Kier molecular flexibility index (Phi) is 3.09. The fourth-order valence-electron chi connectivity index (χ4n) is 2.66. The van der Waals surface area contributed by atoms with Crippen molar-refractivity contribution < 1.29 is 13.6 Å². The lowest BCUT2D eigenvalue weighted by Crippen LogP contribution is -1.91. The molecule has 0 saturated carbocycles. The topological polar surface area (TPSA) is 35.5 Å². The average molecular weight is 313 g/mol. The maximum Gasteiger partial charge on any atom is 0.181 e. The summed E-state index contributed by atoms with van der Waals surface area (Å²) < 4.78 is 17.5. The minimum atomic E-state index is 0.568. The first-order valence-electron chi connectivity index (χ1n) is 7.09. The third-order valence-electron chi connectivity index (χ3n) is 3.62.